The predicted octanol–water partition coefficient (Wildman–Crippen LogP) is 7.20. The molecule has 46 heavy (non-hydrogen) atoms. The van der Waals surface area contributed by atoms with E-state index in [1.807, 2.05) is 58.0 Å². The molecule has 0 radical (unpaired) electrons. The lowest BCUT2D eigenvalue weighted by Crippen LogP contribution is -2.45. The second kappa shape index (κ2) is 13.2. The number of anilines is 1. The predicted molar refractivity (Wildman–Crippen MR) is 176 cm³/mol. The Kier molecular flexibility index (Phi) is 9.51. The zero-order valence-corrected chi connectivity index (χ0v) is 27.5. The molecule has 0 bridgehead atoms. The zero-order chi connectivity index (χ0) is 33.2. The third kappa shape index (κ3) is 7.08. The Balaban J connectivity index is 1.67. The Hall–Kier alpha value is -4.28. The third-order valence-corrected chi connectivity index (χ3v) is 8.14. The van der Waals surface area contributed by atoms with Gasteiger partial charge in [-0.25, -0.2) is 14.2 Å². The first-order valence-corrected chi connectivity index (χ1v) is 15.7. The highest BCUT2D eigenvalue weighted by atomic mass is 19.1. The molecule has 9 nitrogen and oxygen atoms in total. The van der Waals surface area contributed by atoms with E-state index in [1.165, 1.54) is 18.2 Å². The summed E-state index contributed by atoms with van der Waals surface area (Å²) in [4.78, 5) is 20.6. The van der Waals surface area contributed by atoms with Crippen LogP contribution >= 0.6 is 0 Å². The van der Waals surface area contributed by atoms with Crippen LogP contribution in [0.2, 0.25) is 0 Å². The van der Waals surface area contributed by atoms with Crippen LogP contribution in [0.4, 0.5) is 10.2 Å². The number of carbonyl (C=O) groups excluding carboxylic acids is 1. The number of aromatic hydroxyl groups is 1. The number of phenols is 1. The van der Waals surface area contributed by atoms with E-state index < -0.39 is 23.5 Å². The second-order valence-electron chi connectivity index (χ2n) is 12.9. The van der Waals surface area contributed by atoms with Gasteiger partial charge in [0.15, 0.2) is 11.8 Å². The van der Waals surface area contributed by atoms with Gasteiger partial charge in [-0.05, 0) is 84.2 Å². The number of phenolic OH excluding ortho intramolecular Hbond substituents is 1. The van der Waals surface area contributed by atoms with E-state index in [2.05, 4.69) is 18.4 Å². The molecule has 3 heterocycles. The summed E-state index contributed by atoms with van der Waals surface area (Å²) in [6, 6.07) is 13.2. The van der Waals surface area contributed by atoms with Gasteiger partial charge in [-0.1, -0.05) is 24.3 Å². The summed E-state index contributed by atoms with van der Waals surface area (Å²) in [5.74, 6) is -0.241. The van der Waals surface area contributed by atoms with Crippen molar-refractivity contribution in [2.45, 2.75) is 71.7 Å². The van der Waals surface area contributed by atoms with Crippen LogP contribution in [-0.2, 0) is 19.0 Å². The summed E-state index contributed by atoms with van der Waals surface area (Å²) < 4.78 is 33.9. The van der Waals surface area contributed by atoms with E-state index in [9.17, 15) is 14.3 Å². The highest BCUT2D eigenvalue weighted by Crippen LogP contribution is 2.39. The van der Waals surface area contributed by atoms with Crippen LogP contribution in [0.1, 0.15) is 64.8 Å². The number of hydrogen-bond donors (Lipinski definition) is 1. The van der Waals surface area contributed by atoms with E-state index in [-0.39, 0.29) is 18.0 Å². The van der Waals surface area contributed by atoms with Crippen molar-refractivity contribution in [3.05, 3.63) is 78.3 Å². The molecule has 0 unspecified atom stereocenters. The van der Waals surface area contributed by atoms with Crippen molar-refractivity contribution in [3.63, 3.8) is 0 Å². The average molecular weight is 631 g/mol. The Morgan fingerprint density at radius 1 is 1.15 bits per heavy atom. The van der Waals surface area contributed by atoms with Gasteiger partial charge in [0.25, 0.3) is 0 Å². The Morgan fingerprint density at radius 3 is 2.54 bits per heavy atom. The number of nitrogens with zero attached hydrogens (tertiary/aromatic N) is 4. The Labute approximate surface area is 269 Å². The number of rotatable bonds is 10. The van der Waals surface area contributed by atoms with E-state index in [1.54, 1.807) is 17.5 Å². The minimum Gasteiger partial charge on any atom is -0.507 e. The molecular formula is C36H43FN4O5. The monoisotopic (exact) mass is 630 g/mol. The number of halogens is 1. The number of carbonyl (C=O) groups is 1. The summed E-state index contributed by atoms with van der Waals surface area (Å²) in [7, 11) is 0. The van der Waals surface area contributed by atoms with E-state index >= 15 is 0 Å². The first kappa shape index (κ1) is 33.1. The zero-order valence-electron chi connectivity index (χ0n) is 27.5. The van der Waals surface area contributed by atoms with Crippen molar-refractivity contribution >= 4 is 17.4 Å². The number of aromatic nitrogens is 3. The molecule has 1 N–H and O–H groups in total. The normalized spacial score (nSPS) is 15.6. The van der Waals surface area contributed by atoms with Gasteiger partial charge in [-0.15, -0.1) is 6.58 Å². The van der Waals surface area contributed by atoms with Gasteiger partial charge in [-0.3, -0.25) is 0 Å². The summed E-state index contributed by atoms with van der Waals surface area (Å²) in [5, 5.41) is 15.5. The van der Waals surface area contributed by atoms with Crippen molar-refractivity contribution in [1.82, 2.24) is 14.6 Å². The average Bonchev–Trinajstić information content (AvgIpc) is 3.43. The number of esters is 1. The first-order valence-electron chi connectivity index (χ1n) is 15.7. The van der Waals surface area contributed by atoms with Crippen LogP contribution < -0.4 is 4.90 Å². The van der Waals surface area contributed by atoms with Gasteiger partial charge in [0.05, 0.1) is 35.7 Å². The lowest BCUT2D eigenvalue weighted by Gasteiger charge is -2.41. The maximum atomic E-state index is 14.1. The number of ether oxygens (including phenoxy) is 3. The van der Waals surface area contributed by atoms with Gasteiger partial charge >= 0.3 is 5.97 Å². The van der Waals surface area contributed by atoms with Crippen molar-refractivity contribution < 1.29 is 28.5 Å². The number of hydrogen-bond acceptors (Lipinski definition) is 8. The molecule has 4 aromatic rings. The quantitative estimate of drug-likeness (QED) is 0.145. The fraction of sp³-hybridized carbons (Fsp3) is 0.417. The lowest BCUT2D eigenvalue weighted by molar-refractivity contribution is -0.166. The van der Waals surface area contributed by atoms with Crippen molar-refractivity contribution in [2.75, 3.05) is 31.2 Å². The molecule has 1 saturated heterocycles. The van der Waals surface area contributed by atoms with Gasteiger partial charge in [0.1, 0.15) is 17.4 Å². The third-order valence-electron chi connectivity index (χ3n) is 8.14. The van der Waals surface area contributed by atoms with E-state index in [0.29, 0.717) is 59.2 Å². The maximum Gasteiger partial charge on any atom is 0.340 e. The van der Waals surface area contributed by atoms with Gasteiger partial charge in [0, 0.05) is 36.0 Å². The molecule has 1 aliphatic rings. The van der Waals surface area contributed by atoms with Crippen LogP contribution in [0.15, 0.2) is 61.2 Å². The van der Waals surface area contributed by atoms with Crippen LogP contribution in [0, 0.1) is 12.7 Å². The standard InChI is InChI=1S/C36H43FN4O5/c1-8-19-45-36(7)15-17-40(18-16-36)33-31(32(34(43)44-9-2)46-35(4,5)6)23(3)38-30-22-28(39-41(30)33)25-12-10-11-24(20-25)27-21-26(37)13-14-29(27)42/h8,10-14,20-22,32,42H,1,9,15-19H2,2-7H3/t32-/m0/s1. The number of piperidine rings is 1. The molecule has 0 spiro atoms. The molecule has 1 aliphatic heterocycles. The molecule has 1 fully saturated rings. The maximum absolute atomic E-state index is 14.1. The molecule has 2 aromatic carbocycles. The summed E-state index contributed by atoms with van der Waals surface area (Å²) in [6.45, 7) is 17.2. The van der Waals surface area contributed by atoms with Crippen LogP contribution in [0.3, 0.4) is 0 Å². The topological polar surface area (TPSA) is 98.4 Å². The van der Waals surface area contributed by atoms with Gasteiger partial charge in [0.2, 0.25) is 0 Å². The Bertz CT molecular complexity index is 1740. The fourth-order valence-corrected chi connectivity index (χ4v) is 5.84. The molecule has 244 valence electrons. The van der Waals surface area contributed by atoms with Crippen LogP contribution in [0.25, 0.3) is 28.0 Å². The minimum absolute atomic E-state index is 0.0178. The molecule has 0 aliphatic carbocycles. The number of fused-ring (bicyclic) bond motifs is 1. The summed E-state index contributed by atoms with van der Waals surface area (Å²) in [5.41, 5.74) is 3.27. The summed E-state index contributed by atoms with van der Waals surface area (Å²) in [6.07, 6.45) is 2.22. The number of benzene rings is 2. The van der Waals surface area contributed by atoms with Crippen LogP contribution in [0.5, 0.6) is 5.75 Å². The molecule has 0 amide bonds. The highest BCUT2D eigenvalue weighted by Gasteiger charge is 2.38. The smallest absolute Gasteiger partial charge is 0.340 e. The van der Waals surface area contributed by atoms with E-state index in [0.717, 1.165) is 18.4 Å². The lowest BCUT2D eigenvalue weighted by atomic mass is 9.92. The SMILES string of the molecule is C=CCOC1(C)CCN(c2c([C@H](OC(C)(C)C)C(=O)OCC)c(C)nc3cc(-c4cccc(-c5cc(F)ccc5O)c4)nn23)CC1. The van der Waals surface area contributed by atoms with Gasteiger partial charge < -0.3 is 24.2 Å². The van der Waals surface area contributed by atoms with E-state index in [4.69, 9.17) is 24.3 Å². The molecule has 5 rings (SSSR count). The van der Waals surface area contributed by atoms with Crippen molar-refractivity contribution in [2.24, 2.45) is 0 Å². The molecule has 0 saturated carbocycles. The largest absolute Gasteiger partial charge is 0.507 e. The molecule has 1 atom stereocenters. The molecule has 10 heteroatoms. The van der Waals surface area contributed by atoms with Crippen molar-refractivity contribution in [3.8, 4) is 28.1 Å². The first-order chi connectivity index (χ1) is 21.8. The number of aryl methyl sites for hydroxylation is 1. The Morgan fingerprint density at radius 2 is 1.87 bits per heavy atom. The minimum atomic E-state index is -1.04. The fourth-order valence-electron chi connectivity index (χ4n) is 5.84. The molecule has 2 aromatic heterocycles. The van der Waals surface area contributed by atoms with Crippen molar-refractivity contribution in [1.29, 1.82) is 0 Å². The highest BCUT2D eigenvalue weighted by molar-refractivity contribution is 5.81. The van der Waals surface area contributed by atoms with Gasteiger partial charge in [-0.2, -0.15) is 9.61 Å². The second-order valence-corrected chi connectivity index (χ2v) is 12.9. The van der Waals surface area contributed by atoms with Crippen LogP contribution in [-0.4, -0.2) is 63.2 Å². The molecular weight excluding hydrogens is 587 g/mol. The summed E-state index contributed by atoms with van der Waals surface area (Å²) >= 11 is 0.